The molecule has 190 valence electrons. The third-order valence-electron chi connectivity index (χ3n) is 12.0. The van der Waals surface area contributed by atoms with Gasteiger partial charge in [0.15, 0.2) is 0 Å². The highest BCUT2D eigenvalue weighted by molar-refractivity contribution is 5.88. The van der Waals surface area contributed by atoms with Gasteiger partial charge >= 0.3 is 0 Å². The number of nitrogens with one attached hydrogen (secondary N) is 1. The van der Waals surface area contributed by atoms with Crippen molar-refractivity contribution in [3.63, 3.8) is 0 Å². The van der Waals surface area contributed by atoms with Gasteiger partial charge in [-0.15, -0.1) is 0 Å². The van der Waals surface area contributed by atoms with Crippen molar-refractivity contribution in [3.05, 3.63) is 35.5 Å². The number of fused-ring (bicyclic) bond motifs is 8. The summed E-state index contributed by atoms with van der Waals surface area (Å²) in [6, 6.07) is 8.79. The van der Waals surface area contributed by atoms with Gasteiger partial charge in [-0.3, -0.25) is 4.79 Å². The van der Waals surface area contributed by atoms with Crippen LogP contribution in [0.5, 0.6) is 0 Å². The lowest BCUT2D eigenvalue weighted by Gasteiger charge is -2.60. The van der Waals surface area contributed by atoms with Gasteiger partial charge in [0.2, 0.25) is 0 Å². The molecule has 3 saturated carbocycles. The maximum absolute atomic E-state index is 13.8. The number of carbonyl (C=O) groups excluding carboxylic acids is 1. The van der Waals surface area contributed by atoms with Gasteiger partial charge in [-0.25, -0.2) is 0 Å². The first-order valence-electron chi connectivity index (χ1n) is 14.8. The molecule has 0 saturated heterocycles. The van der Waals surface area contributed by atoms with E-state index in [0.717, 1.165) is 42.9 Å². The molecular formula is C33H47NO. The van der Waals surface area contributed by atoms with Crippen LogP contribution < -0.4 is 0 Å². The van der Waals surface area contributed by atoms with Gasteiger partial charge in [0.1, 0.15) is 5.78 Å². The van der Waals surface area contributed by atoms with E-state index in [-0.39, 0.29) is 11.3 Å². The largest absolute Gasteiger partial charge is 0.358 e. The third kappa shape index (κ3) is 3.59. The Hall–Kier alpha value is -1.57. The molecule has 0 aliphatic heterocycles. The Labute approximate surface area is 213 Å². The third-order valence-corrected chi connectivity index (χ3v) is 12.0. The van der Waals surface area contributed by atoms with Crippen molar-refractivity contribution >= 4 is 16.7 Å². The minimum atomic E-state index is 0.125. The van der Waals surface area contributed by atoms with Crippen LogP contribution in [0.4, 0.5) is 0 Å². The van der Waals surface area contributed by atoms with E-state index < -0.39 is 0 Å². The Bertz CT molecular complexity index is 1110. The van der Waals surface area contributed by atoms with Crippen LogP contribution in [0.15, 0.2) is 24.3 Å². The maximum Gasteiger partial charge on any atom is 0.137 e. The monoisotopic (exact) mass is 473 g/mol. The fourth-order valence-electron chi connectivity index (χ4n) is 10.2. The second-order valence-corrected chi connectivity index (χ2v) is 14.1. The van der Waals surface area contributed by atoms with Crippen LogP contribution in [0, 0.1) is 52.3 Å². The van der Waals surface area contributed by atoms with Crippen LogP contribution in [0.3, 0.4) is 0 Å². The number of aromatic nitrogens is 1. The van der Waals surface area contributed by atoms with E-state index >= 15 is 0 Å². The molecule has 0 radical (unpaired) electrons. The molecule has 1 N–H and O–H groups in total. The van der Waals surface area contributed by atoms with E-state index in [4.69, 9.17) is 0 Å². The summed E-state index contributed by atoms with van der Waals surface area (Å²) in [5.41, 5.74) is 4.69. The zero-order valence-electron chi connectivity index (χ0n) is 22.8. The number of hydrogen-bond acceptors (Lipinski definition) is 1. The first-order valence-corrected chi connectivity index (χ1v) is 14.8. The number of H-pyrrole nitrogens is 1. The lowest BCUT2D eigenvalue weighted by molar-refractivity contribution is -0.150. The van der Waals surface area contributed by atoms with Crippen LogP contribution in [-0.2, 0) is 17.6 Å². The highest BCUT2D eigenvalue weighted by Crippen LogP contribution is 2.67. The molecule has 0 unspecified atom stereocenters. The summed E-state index contributed by atoms with van der Waals surface area (Å²) in [4.78, 5) is 17.5. The summed E-state index contributed by atoms with van der Waals surface area (Å²) in [5.74, 6) is 5.36. The highest BCUT2D eigenvalue weighted by atomic mass is 16.1. The van der Waals surface area contributed by atoms with Gasteiger partial charge in [-0.1, -0.05) is 72.1 Å². The quantitative estimate of drug-likeness (QED) is 0.465. The number of hydrogen-bond donors (Lipinski definition) is 1. The van der Waals surface area contributed by atoms with Gasteiger partial charge in [-0.2, -0.15) is 0 Å². The molecule has 0 amide bonds. The summed E-state index contributed by atoms with van der Waals surface area (Å²) >= 11 is 0. The van der Waals surface area contributed by atoms with Gasteiger partial charge in [0.05, 0.1) is 0 Å². The molecule has 8 atom stereocenters. The van der Waals surface area contributed by atoms with E-state index in [1.54, 1.807) is 0 Å². The molecule has 6 rings (SSSR count). The van der Waals surface area contributed by atoms with Gasteiger partial charge < -0.3 is 4.98 Å². The van der Waals surface area contributed by atoms with Crippen molar-refractivity contribution in [2.45, 2.75) is 98.8 Å². The topological polar surface area (TPSA) is 32.9 Å². The highest BCUT2D eigenvalue weighted by Gasteiger charge is 2.62. The number of para-hydroxylation sites is 1. The molecule has 1 heterocycles. The molecule has 2 aromatic rings. The fraction of sp³-hybridized carbons (Fsp3) is 0.727. The van der Waals surface area contributed by atoms with Crippen LogP contribution in [0.1, 0.15) is 97.2 Å². The smallest absolute Gasteiger partial charge is 0.137 e. The lowest BCUT2D eigenvalue weighted by Crippen LogP contribution is -2.57. The van der Waals surface area contributed by atoms with Gasteiger partial charge in [-0.05, 0) is 96.5 Å². The van der Waals surface area contributed by atoms with Crippen molar-refractivity contribution in [3.8, 4) is 0 Å². The second kappa shape index (κ2) is 8.49. The normalized spacial score (nSPS) is 39.3. The maximum atomic E-state index is 13.8. The van der Waals surface area contributed by atoms with E-state index in [0.29, 0.717) is 23.0 Å². The Kier molecular flexibility index (Phi) is 5.77. The Balaban J connectivity index is 1.27. The Morgan fingerprint density at radius 2 is 1.74 bits per heavy atom. The molecule has 0 bridgehead atoms. The Morgan fingerprint density at radius 1 is 0.971 bits per heavy atom. The van der Waals surface area contributed by atoms with Crippen LogP contribution in [0.2, 0.25) is 0 Å². The number of aromatic amines is 1. The zero-order chi connectivity index (χ0) is 24.5. The molecule has 1 aromatic carbocycles. The van der Waals surface area contributed by atoms with E-state index in [1.165, 1.54) is 67.1 Å². The van der Waals surface area contributed by atoms with E-state index in [9.17, 15) is 4.79 Å². The van der Waals surface area contributed by atoms with E-state index in [2.05, 4.69) is 63.9 Å². The molecule has 3 fully saturated rings. The first-order chi connectivity index (χ1) is 16.7. The van der Waals surface area contributed by atoms with Crippen LogP contribution >= 0.6 is 0 Å². The minimum absolute atomic E-state index is 0.125. The van der Waals surface area contributed by atoms with Crippen molar-refractivity contribution in [2.75, 3.05) is 0 Å². The predicted octanol–water partition coefficient (Wildman–Crippen LogP) is 8.38. The SMILES string of the molecule is CC(C)CCC[C@@H](C)[C@H]1CC[C@H]2[C@@H]3CC(=O)[C@H]4Cc5[nH]c6ccccc6c5C[C@]4(C)[C@H]3CC[C@]12C. The zero-order valence-corrected chi connectivity index (χ0v) is 22.8. The minimum Gasteiger partial charge on any atom is -0.358 e. The van der Waals surface area contributed by atoms with Crippen molar-refractivity contribution in [2.24, 2.45) is 52.3 Å². The van der Waals surface area contributed by atoms with Crippen molar-refractivity contribution in [1.29, 1.82) is 0 Å². The molecule has 4 aliphatic rings. The number of Topliss-reactive ketones (excluding diaryl/α,β-unsaturated/α-hetero) is 1. The average Bonchev–Trinajstić information content (AvgIpc) is 3.35. The molecule has 35 heavy (non-hydrogen) atoms. The summed E-state index contributed by atoms with van der Waals surface area (Å²) in [5, 5.41) is 1.40. The summed E-state index contributed by atoms with van der Waals surface area (Å²) in [6.07, 6.45) is 12.5. The average molecular weight is 474 g/mol. The number of benzene rings is 1. The van der Waals surface area contributed by atoms with E-state index in [1.807, 2.05) is 0 Å². The summed E-state index contributed by atoms with van der Waals surface area (Å²) < 4.78 is 0. The molecule has 2 heteroatoms. The first kappa shape index (κ1) is 23.8. The molecule has 1 aromatic heterocycles. The molecule has 2 nitrogen and oxygen atoms in total. The molecular weight excluding hydrogens is 426 g/mol. The van der Waals surface area contributed by atoms with Crippen LogP contribution in [-0.4, -0.2) is 10.8 Å². The number of ketones is 1. The number of carbonyl (C=O) groups is 1. The second-order valence-electron chi connectivity index (χ2n) is 14.1. The Morgan fingerprint density at radius 3 is 2.54 bits per heavy atom. The van der Waals surface area contributed by atoms with Gasteiger partial charge in [0.25, 0.3) is 0 Å². The predicted molar refractivity (Wildman–Crippen MR) is 145 cm³/mol. The standard InChI is InChI=1S/C33H47NO/c1-20(2)9-8-10-21(3)25-13-14-26-23-17-31(35)28-18-30-24(22-11-6-7-12-29(22)34-30)19-33(28,5)27(23)15-16-32(25,26)4/h6-7,11-12,20-21,23,25-28,34H,8-10,13-19H2,1-5H3/t21-,23+,25-,26+,27+,28-,32-,33-/m1/s1. The summed E-state index contributed by atoms with van der Waals surface area (Å²) in [6.45, 7) is 12.4. The van der Waals surface area contributed by atoms with Gasteiger partial charge in [0, 0.05) is 28.9 Å². The van der Waals surface area contributed by atoms with Crippen molar-refractivity contribution in [1.82, 2.24) is 4.98 Å². The fourth-order valence-corrected chi connectivity index (χ4v) is 10.2. The van der Waals surface area contributed by atoms with Crippen molar-refractivity contribution < 1.29 is 4.79 Å². The lowest BCUT2D eigenvalue weighted by atomic mass is 9.44. The van der Waals surface area contributed by atoms with Crippen LogP contribution in [0.25, 0.3) is 10.9 Å². The molecule has 4 aliphatic carbocycles. The molecule has 0 spiro atoms. The number of rotatable bonds is 5. The summed E-state index contributed by atoms with van der Waals surface area (Å²) in [7, 11) is 0.